The first-order valence-corrected chi connectivity index (χ1v) is 7.13. The van der Waals surface area contributed by atoms with Gasteiger partial charge in [-0.1, -0.05) is 23.4 Å². The molecule has 2 heterocycles. The molecule has 0 saturated carbocycles. The lowest BCUT2D eigenvalue weighted by molar-refractivity contribution is 0.291. The lowest BCUT2D eigenvalue weighted by atomic mass is 9.98. The van der Waals surface area contributed by atoms with E-state index in [-0.39, 0.29) is 0 Å². The molecule has 0 unspecified atom stereocenters. The Morgan fingerprint density at radius 2 is 2.00 bits per heavy atom. The van der Waals surface area contributed by atoms with Gasteiger partial charge in [-0.3, -0.25) is 0 Å². The summed E-state index contributed by atoms with van der Waals surface area (Å²) in [4.78, 5) is 4.48. The lowest BCUT2D eigenvalue weighted by Gasteiger charge is -2.18. The summed E-state index contributed by atoms with van der Waals surface area (Å²) in [6.45, 7) is 2.62. The summed E-state index contributed by atoms with van der Waals surface area (Å²) in [5, 5.41) is 7.43. The van der Waals surface area contributed by atoms with Crippen molar-refractivity contribution < 1.29 is 9.26 Å². The minimum atomic E-state index is 0.434. The summed E-state index contributed by atoms with van der Waals surface area (Å²) in [6, 6.07) is 9.76. The van der Waals surface area contributed by atoms with E-state index in [4.69, 9.17) is 9.26 Å². The number of rotatable bonds is 5. The summed E-state index contributed by atoms with van der Waals surface area (Å²) in [7, 11) is 0. The smallest absolute Gasteiger partial charge is 0.230 e. The van der Waals surface area contributed by atoms with Crippen LogP contribution in [0.1, 0.15) is 30.5 Å². The standard InChI is InChI=1S/C15H19N3O2/c1-2-4-13(5-3-1)19-11-8-14-17-15(18-20-14)12-6-9-16-10-7-12/h1-5,12,16H,6-11H2. The van der Waals surface area contributed by atoms with Gasteiger partial charge in [0, 0.05) is 5.92 Å². The van der Waals surface area contributed by atoms with Crippen molar-refractivity contribution in [2.75, 3.05) is 19.7 Å². The largest absolute Gasteiger partial charge is 0.493 e. The van der Waals surface area contributed by atoms with Crippen LogP contribution in [0, 0.1) is 0 Å². The number of benzene rings is 1. The molecular weight excluding hydrogens is 254 g/mol. The molecule has 0 atom stereocenters. The Kier molecular flexibility index (Phi) is 4.28. The Morgan fingerprint density at radius 1 is 1.20 bits per heavy atom. The number of nitrogens with one attached hydrogen (secondary N) is 1. The topological polar surface area (TPSA) is 60.2 Å². The fraction of sp³-hybridized carbons (Fsp3) is 0.467. The highest BCUT2D eigenvalue weighted by atomic mass is 16.5. The van der Waals surface area contributed by atoms with Gasteiger partial charge in [0.2, 0.25) is 5.89 Å². The van der Waals surface area contributed by atoms with Crippen LogP contribution in [0.15, 0.2) is 34.9 Å². The summed E-state index contributed by atoms with van der Waals surface area (Å²) in [5.41, 5.74) is 0. The number of aromatic nitrogens is 2. The van der Waals surface area contributed by atoms with Crippen molar-refractivity contribution in [2.24, 2.45) is 0 Å². The molecule has 0 aliphatic carbocycles. The van der Waals surface area contributed by atoms with Gasteiger partial charge in [0.25, 0.3) is 0 Å². The Balaban J connectivity index is 1.50. The number of hydrogen-bond donors (Lipinski definition) is 1. The van der Waals surface area contributed by atoms with Crippen molar-refractivity contribution in [1.82, 2.24) is 15.5 Å². The molecule has 1 aliphatic rings. The second kappa shape index (κ2) is 6.52. The average molecular weight is 273 g/mol. The van der Waals surface area contributed by atoms with Crippen LogP contribution in [0.5, 0.6) is 5.75 Å². The molecule has 1 aromatic heterocycles. The number of nitrogens with zero attached hydrogens (tertiary/aromatic N) is 2. The Bertz CT molecular complexity index is 521. The van der Waals surface area contributed by atoms with Crippen molar-refractivity contribution in [1.29, 1.82) is 0 Å². The molecular formula is C15H19N3O2. The second-order valence-electron chi connectivity index (χ2n) is 4.98. The van der Waals surface area contributed by atoms with Crippen LogP contribution in [0.3, 0.4) is 0 Å². The van der Waals surface area contributed by atoms with Crippen molar-refractivity contribution in [3.05, 3.63) is 42.0 Å². The van der Waals surface area contributed by atoms with E-state index < -0.39 is 0 Å². The third-order valence-corrected chi connectivity index (χ3v) is 3.52. The van der Waals surface area contributed by atoms with Gasteiger partial charge in [0.1, 0.15) is 5.75 Å². The van der Waals surface area contributed by atoms with Gasteiger partial charge in [-0.2, -0.15) is 4.98 Å². The van der Waals surface area contributed by atoms with Crippen LogP contribution in [0.25, 0.3) is 0 Å². The predicted molar refractivity (Wildman–Crippen MR) is 74.8 cm³/mol. The van der Waals surface area contributed by atoms with E-state index >= 15 is 0 Å². The fourth-order valence-corrected chi connectivity index (χ4v) is 2.39. The van der Waals surface area contributed by atoms with E-state index in [1.54, 1.807) is 0 Å². The Morgan fingerprint density at radius 3 is 2.80 bits per heavy atom. The molecule has 0 spiro atoms. The third-order valence-electron chi connectivity index (χ3n) is 3.52. The SMILES string of the molecule is c1ccc(OCCc2nc(C3CCNCC3)no2)cc1. The predicted octanol–water partition coefficient (Wildman–Crippen LogP) is 2.16. The quantitative estimate of drug-likeness (QED) is 0.904. The molecule has 1 aliphatic heterocycles. The van der Waals surface area contributed by atoms with Crippen LogP contribution in [-0.4, -0.2) is 29.8 Å². The molecule has 5 heteroatoms. The van der Waals surface area contributed by atoms with Crippen molar-refractivity contribution in [3.63, 3.8) is 0 Å². The van der Waals surface area contributed by atoms with Crippen LogP contribution in [0.2, 0.25) is 0 Å². The molecule has 1 fully saturated rings. The molecule has 1 N–H and O–H groups in total. The lowest BCUT2D eigenvalue weighted by Crippen LogP contribution is -2.27. The van der Waals surface area contributed by atoms with Gasteiger partial charge in [0.05, 0.1) is 13.0 Å². The van der Waals surface area contributed by atoms with Crippen LogP contribution < -0.4 is 10.1 Å². The molecule has 0 bridgehead atoms. The van der Waals surface area contributed by atoms with Gasteiger partial charge in [-0.25, -0.2) is 0 Å². The maximum Gasteiger partial charge on any atom is 0.230 e. The van der Waals surface area contributed by atoms with Crippen molar-refractivity contribution in [3.8, 4) is 5.75 Å². The van der Waals surface area contributed by atoms with Crippen molar-refractivity contribution >= 4 is 0 Å². The number of piperidine rings is 1. The highest BCUT2D eigenvalue weighted by molar-refractivity contribution is 5.20. The molecule has 0 amide bonds. The number of para-hydroxylation sites is 1. The molecule has 1 saturated heterocycles. The monoisotopic (exact) mass is 273 g/mol. The summed E-state index contributed by atoms with van der Waals surface area (Å²) < 4.78 is 10.9. The van der Waals surface area contributed by atoms with Crippen LogP contribution >= 0.6 is 0 Å². The normalized spacial score (nSPS) is 16.2. The van der Waals surface area contributed by atoms with Gasteiger partial charge in [-0.05, 0) is 38.1 Å². The maximum atomic E-state index is 5.63. The first-order valence-electron chi connectivity index (χ1n) is 7.13. The van der Waals surface area contributed by atoms with Gasteiger partial charge >= 0.3 is 0 Å². The average Bonchev–Trinajstić information content (AvgIpc) is 2.98. The minimum absolute atomic E-state index is 0.434. The zero-order valence-corrected chi connectivity index (χ0v) is 11.4. The molecule has 0 radical (unpaired) electrons. The number of ether oxygens (including phenoxy) is 1. The fourth-order valence-electron chi connectivity index (χ4n) is 2.39. The van der Waals surface area contributed by atoms with E-state index in [1.807, 2.05) is 30.3 Å². The van der Waals surface area contributed by atoms with Crippen molar-refractivity contribution in [2.45, 2.75) is 25.2 Å². The zero-order valence-electron chi connectivity index (χ0n) is 11.4. The summed E-state index contributed by atoms with van der Waals surface area (Å²) >= 11 is 0. The van der Waals surface area contributed by atoms with Gasteiger partial charge < -0.3 is 14.6 Å². The third kappa shape index (κ3) is 3.36. The molecule has 3 rings (SSSR count). The van der Waals surface area contributed by atoms with E-state index in [0.29, 0.717) is 24.8 Å². The molecule has 5 nitrogen and oxygen atoms in total. The highest BCUT2D eigenvalue weighted by Gasteiger charge is 2.20. The second-order valence-corrected chi connectivity index (χ2v) is 4.98. The van der Waals surface area contributed by atoms with E-state index in [2.05, 4.69) is 15.5 Å². The Labute approximate surface area is 118 Å². The van der Waals surface area contributed by atoms with Crippen LogP contribution in [-0.2, 0) is 6.42 Å². The molecule has 106 valence electrons. The van der Waals surface area contributed by atoms with E-state index in [0.717, 1.165) is 37.5 Å². The molecule has 1 aromatic carbocycles. The van der Waals surface area contributed by atoms with Gasteiger partial charge in [-0.15, -0.1) is 0 Å². The first-order chi connectivity index (χ1) is 9.92. The summed E-state index contributed by atoms with van der Waals surface area (Å²) in [5.74, 6) is 2.81. The van der Waals surface area contributed by atoms with Crippen LogP contribution in [0.4, 0.5) is 0 Å². The number of hydrogen-bond acceptors (Lipinski definition) is 5. The van der Waals surface area contributed by atoms with Gasteiger partial charge in [0.15, 0.2) is 5.82 Å². The van der Waals surface area contributed by atoms with E-state index in [9.17, 15) is 0 Å². The zero-order chi connectivity index (χ0) is 13.6. The highest BCUT2D eigenvalue weighted by Crippen LogP contribution is 2.22. The van der Waals surface area contributed by atoms with E-state index in [1.165, 1.54) is 0 Å². The molecule has 2 aromatic rings. The Hall–Kier alpha value is -1.88. The first kappa shape index (κ1) is 13.1. The minimum Gasteiger partial charge on any atom is -0.493 e. The molecule has 20 heavy (non-hydrogen) atoms. The maximum absolute atomic E-state index is 5.63. The summed E-state index contributed by atoms with van der Waals surface area (Å²) in [6.07, 6.45) is 2.81.